The van der Waals surface area contributed by atoms with Crippen molar-refractivity contribution in [2.75, 3.05) is 0 Å². The Morgan fingerprint density at radius 3 is 2.23 bits per heavy atom. The SMILES string of the molecule is CCCCCCCCC(CCCC(=O)OCc1ccccc1)OC(=O)Oc1ccc([N+](=O)[O-])cc1. The smallest absolute Gasteiger partial charge is 0.461 e. The maximum atomic E-state index is 12.3. The molecule has 2 aromatic carbocycles. The summed E-state index contributed by atoms with van der Waals surface area (Å²) in [6, 6.07) is 14.7. The zero-order valence-corrected chi connectivity index (χ0v) is 20.4. The molecule has 0 aliphatic carbocycles. The molecule has 0 saturated heterocycles. The molecular formula is C27H35NO7. The quantitative estimate of drug-likeness (QED) is 0.0817. The minimum absolute atomic E-state index is 0.0918. The molecule has 0 aliphatic rings. The topological polar surface area (TPSA) is 105 Å². The van der Waals surface area contributed by atoms with E-state index in [1.165, 1.54) is 43.5 Å². The van der Waals surface area contributed by atoms with Crippen LogP contribution in [-0.2, 0) is 20.9 Å². The Kier molecular flexibility index (Phi) is 12.9. The van der Waals surface area contributed by atoms with Crippen molar-refractivity contribution in [2.45, 2.75) is 83.8 Å². The molecule has 35 heavy (non-hydrogen) atoms. The molecule has 0 bridgehead atoms. The first-order valence-corrected chi connectivity index (χ1v) is 12.3. The highest BCUT2D eigenvalue weighted by Gasteiger charge is 2.18. The van der Waals surface area contributed by atoms with Crippen molar-refractivity contribution in [3.05, 3.63) is 70.3 Å². The van der Waals surface area contributed by atoms with E-state index in [1.807, 2.05) is 30.3 Å². The molecular weight excluding hydrogens is 450 g/mol. The third-order valence-corrected chi connectivity index (χ3v) is 5.54. The molecule has 8 heteroatoms. The predicted molar refractivity (Wildman–Crippen MR) is 132 cm³/mol. The Morgan fingerprint density at radius 2 is 1.54 bits per heavy atom. The van der Waals surface area contributed by atoms with Crippen LogP contribution in [0.25, 0.3) is 0 Å². The predicted octanol–water partition coefficient (Wildman–Crippen LogP) is 7.14. The van der Waals surface area contributed by atoms with E-state index >= 15 is 0 Å². The lowest BCUT2D eigenvalue weighted by atomic mass is 10.0. The van der Waals surface area contributed by atoms with Crippen molar-refractivity contribution < 1.29 is 28.7 Å². The molecule has 0 amide bonds. The van der Waals surface area contributed by atoms with Crippen molar-refractivity contribution in [1.82, 2.24) is 0 Å². The monoisotopic (exact) mass is 485 g/mol. The minimum Gasteiger partial charge on any atom is -0.461 e. The summed E-state index contributed by atoms with van der Waals surface area (Å²) in [6.45, 7) is 2.41. The Labute approximate surface area is 206 Å². The zero-order valence-electron chi connectivity index (χ0n) is 20.4. The van der Waals surface area contributed by atoms with E-state index in [0.717, 1.165) is 24.8 Å². The number of non-ortho nitro benzene ring substituents is 1. The van der Waals surface area contributed by atoms with Crippen LogP contribution in [0.1, 0.15) is 76.7 Å². The number of ether oxygens (including phenoxy) is 3. The first-order chi connectivity index (χ1) is 17.0. The highest BCUT2D eigenvalue weighted by Crippen LogP contribution is 2.20. The lowest BCUT2D eigenvalue weighted by Crippen LogP contribution is -2.21. The largest absolute Gasteiger partial charge is 0.514 e. The summed E-state index contributed by atoms with van der Waals surface area (Å²) in [7, 11) is 0. The van der Waals surface area contributed by atoms with Crippen molar-refractivity contribution in [2.24, 2.45) is 0 Å². The molecule has 0 saturated carbocycles. The molecule has 190 valence electrons. The number of esters is 1. The van der Waals surface area contributed by atoms with E-state index in [-0.39, 0.29) is 36.5 Å². The van der Waals surface area contributed by atoms with Crippen molar-refractivity contribution in [1.29, 1.82) is 0 Å². The van der Waals surface area contributed by atoms with Crippen LogP contribution in [0.5, 0.6) is 5.75 Å². The number of nitrogens with zero attached hydrogens (tertiary/aromatic N) is 1. The van der Waals surface area contributed by atoms with Crippen LogP contribution in [0.2, 0.25) is 0 Å². The lowest BCUT2D eigenvalue weighted by molar-refractivity contribution is -0.384. The molecule has 0 aliphatic heterocycles. The van der Waals surface area contributed by atoms with Crippen molar-refractivity contribution in [3.8, 4) is 5.75 Å². The van der Waals surface area contributed by atoms with Crippen LogP contribution in [0.4, 0.5) is 10.5 Å². The molecule has 0 spiro atoms. The van der Waals surface area contributed by atoms with Gasteiger partial charge < -0.3 is 14.2 Å². The van der Waals surface area contributed by atoms with Gasteiger partial charge in [0.15, 0.2) is 0 Å². The average molecular weight is 486 g/mol. The molecule has 1 atom stereocenters. The van der Waals surface area contributed by atoms with E-state index < -0.39 is 11.1 Å². The van der Waals surface area contributed by atoms with Gasteiger partial charge in [-0.2, -0.15) is 0 Å². The third kappa shape index (κ3) is 12.0. The maximum absolute atomic E-state index is 12.3. The van der Waals surface area contributed by atoms with Crippen LogP contribution in [0.3, 0.4) is 0 Å². The van der Waals surface area contributed by atoms with Crippen LogP contribution >= 0.6 is 0 Å². The normalized spacial score (nSPS) is 11.5. The minimum atomic E-state index is -0.860. The number of carbonyl (C=O) groups excluding carboxylic acids is 2. The number of hydrogen-bond donors (Lipinski definition) is 0. The molecule has 1 unspecified atom stereocenters. The molecule has 2 rings (SSSR count). The van der Waals surface area contributed by atoms with E-state index in [0.29, 0.717) is 19.3 Å². The summed E-state index contributed by atoms with van der Waals surface area (Å²) in [5.74, 6) is -0.121. The lowest BCUT2D eigenvalue weighted by Gasteiger charge is -2.17. The van der Waals surface area contributed by atoms with E-state index in [9.17, 15) is 19.7 Å². The second kappa shape index (κ2) is 16.2. The standard InChI is InChI=1S/C27H35NO7/c1-2-3-4-5-6-10-14-24(15-11-16-26(29)33-21-22-12-8-7-9-13-22)34-27(30)35-25-19-17-23(18-20-25)28(31)32/h7-9,12-13,17-20,24H,2-6,10-11,14-16,21H2,1H3. The fraction of sp³-hybridized carbons (Fsp3) is 0.481. The molecule has 0 N–H and O–H groups in total. The summed E-state index contributed by atoms with van der Waals surface area (Å²) in [6.07, 6.45) is 7.42. The summed E-state index contributed by atoms with van der Waals surface area (Å²) in [5, 5.41) is 10.8. The van der Waals surface area contributed by atoms with Gasteiger partial charge in [0.1, 0.15) is 18.5 Å². The molecule has 2 aromatic rings. The molecule has 8 nitrogen and oxygen atoms in total. The number of nitro groups is 1. The number of nitro benzene ring substituents is 1. The van der Waals surface area contributed by atoms with Gasteiger partial charge in [0, 0.05) is 18.6 Å². The van der Waals surface area contributed by atoms with Gasteiger partial charge in [-0.25, -0.2) is 4.79 Å². The number of benzene rings is 2. The molecule has 0 aromatic heterocycles. The Bertz CT molecular complexity index is 900. The van der Waals surface area contributed by atoms with Crippen LogP contribution in [0.15, 0.2) is 54.6 Å². The fourth-order valence-corrected chi connectivity index (χ4v) is 3.59. The average Bonchev–Trinajstić information content (AvgIpc) is 2.85. The van der Waals surface area contributed by atoms with Gasteiger partial charge in [0.05, 0.1) is 4.92 Å². The Hall–Kier alpha value is -3.42. The molecule has 0 radical (unpaired) electrons. The van der Waals surface area contributed by atoms with E-state index in [1.54, 1.807) is 0 Å². The van der Waals surface area contributed by atoms with Gasteiger partial charge in [0.25, 0.3) is 5.69 Å². The zero-order chi connectivity index (χ0) is 25.3. The summed E-state index contributed by atoms with van der Waals surface area (Å²) in [4.78, 5) is 34.6. The first-order valence-electron chi connectivity index (χ1n) is 12.3. The van der Waals surface area contributed by atoms with Crippen molar-refractivity contribution >= 4 is 17.8 Å². The first kappa shape index (κ1) is 27.8. The van der Waals surface area contributed by atoms with Crippen LogP contribution in [0, 0.1) is 10.1 Å². The summed E-state index contributed by atoms with van der Waals surface area (Å²) in [5.41, 5.74) is 0.838. The van der Waals surface area contributed by atoms with Crippen LogP contribution < -0.4 is 4.74 Å². The Balaban J connectivity index is 1.79. The summed E-state index contributed by atoms with van der Waals surface area (Å²) < 4.78 is 16.0. The highest BCUT2D eigenvalue weighted by molar-refractivity contribution is 5.69. The van der Waals surface area contributed by atoms with Crippen molar-refractivity contribution in [3.63, 3.8) is 0 Å². The number of unbranched alkanes of at least 4 members (excludes halogenated alkanes) is 5. The second-order valence-corrected chi connectivity index (χ2v) is 8.44. The van der Waals surface area contributed by atoms with Gasteiger partial charge >= 0.3 is 12.1 Å². The second-order valence-electron chi connectivity index (χ2n) is 8.44. The van der Waals surface area contributed by atoms with Gasteiger partial charge in [0.2, 0.25) is 0 Å². The van der Waals surface area contributed by atoms with Gasteiger partial charge in [-0.3, -0.25) is 14.9 Å². The number of hydrogen-bond acceptors (Lipinski definition) is 7. The number of carbonyl (C=O) groups is 2. The third-order valence-electron chi connectivity index (χ3n) is 5.54. The van der Waals surface area contributed by atoms with Gasteiger partial charge in [-0.1, -0.05) is 69.4 Å². The fourth-order valence-electron chi connectivity index (χ4n) is 3.59. The number of rotatable bonds is 16. The van der Waals surface area contributed by atoms with Gasteiger partial charge in [-0.15, -0.1) is 0 Å². The van der Waals surface area contributed by atoms with E-state index in [2.05, 4.69) is 6.92 Å². The maximum Gasteiger partial charge on any atom is 0.514 e. The van der Waals surface area contributed by atoms with Gasteiger partial charge in [-0.05, 0) is 43.4 Å². The molecule has 0 fully saturated rings. The molecule has 0 heterocycles. The van der Waals surface area contributed by atoms with E-state index in [4.69, 9.17) is 14.2 Å². The van der Waals surface area contributed by atoms with Crippen LogP contribution in [-0.4, -0.2) is 23.2 Å². The highest BCUT2D eigenvalue weighted by atomic mass is 16.7. The Morgan fingerprint density at radius 1 is 0.886 bits per heavy atom. The summed E-state index contributed by atoms with van der Waals surface area (Å²) >= 11 is 0.